The van der Waals surface area contributed by atoms with Gasteiger partial charge in [-0.1, -0.05) is 6.07 Å². The molecule has 1 N–H and O–H groups in total. The number of halogens is 6. The van der Waals surface area contributed by atoms with E-state index in [1.807, 2.05) is 0 Å². The van der Waals surface area contributed by atoms with Gasteiger partial charge in [0.25, 0.3) is 0 Å². The van der Waals surface area contributed by atoms with Gasteiger partial charge >= 0.3 is 12.4 Å². The molecule has 18 heavy (non-hydrogen) atoms. The van der Waals surface area contributed by atoms with E-state index in [4.69, 9.17) is 5.11 Å². The van der Waals surface area contributed by atoms with Gasteiger partial charge in [0, 0.05) is 0 Å². The highest BCUT2D eigenvalue weighted by molar-refractivity contribution is 5.40. The maximum Gasteiger partial charge on any atom is 0.419 e. The lowest BCUT2D eigenvalue weighted by atomic mass is 10.1. The van der Waals surface area contributed by atoms with Gasteiger partial charge in [-0.2, -0.15) is 26.3 Å². The lowest BCUT2D eigenvalue weighted by Gasteiger charge is -2.17. The molecule has 0 aliphatic rings. The van der Waals surface area contributed by atoms with Crippen molar-refractivity contribution in [3.63, 3.8) is 0 Å². The van der Waals surface area contributed by atoms with Gasteiger partial charge in [0.05, 0.1) is 12.7 Å². The minimum atomic E-state index is -4.95. The molecule has 0 aliphatic heterocycles. The summed E-state index contributed by atoms with van der Waals surface area (Å²) in [4.78, 5) is 0. The summed E-state index contributed by atoms with van der Waals surface area (Å²) in [7, 11) is 0.897. The zero-order valence-corrected chi connectivity index (χ0v) is 8.93. The van der Waals surface area contributed by atoms with Gasteiger partial charge in [0.2, 0.25) is 0 Å². The van der Waals surface area contributed by atoms with Crippen molar-refractivity contribution in [1.29, 1.82) is 0 Å². The molecule has 102 valence electrons. The van der Waals surface area contributed by atoms with Crippen molar-refractivity contribution < 1.29 is 36.2 Å². The third-order valence-electron chi connectivity index (χ3n) is 2.16. The fraction of sp³-hybridized carbons (Fsp3) is 0.400. The molecule has 8 heteroatoms. The molecule has 0 radical (unpaired) electrons. The van der Waals surface area contributed by atoms with Crippen molar-refractivity contribution >= 4 is 0 Å². The van der Waals surface area contributed by atoms with Crippen LogP contribution in [-0.4, -0.2) is 18.4 Å². The van der Waals surface area contributed by atoms with Crippen LogP contribution in [0.25, 0.3) is 0 Å². The molecule has 0 fully saturated rings. The van der Waals surface area contributed by atoms with Gasteiger partial charge in [-0.3, -0.25) is 0 Å². The third-order valence-corrected chi connectivity index (χ3v) is 2.16. The Morgan fingerprint density at radius 3 is 2.06 bits per heavy atom. The fourth-order valence-corrected chi connectivity index (χ4v) is 1.30. The molecule has 0 saturated carbocycles. The number of alkyl halides is 6. The van der Waals surface area contributed by atoms with Crippen LogP contribution in [0.5, 0.6) is 5.75 Å². The van der Waals surface area contributed by atoms with E-state index in [1.165, 1.54) is 0 Å². The molecule has 0 bridgehead atoms. The van der Waals surface area contributed by atoms with E-state index in [0.717, 1.165) is 7.11 Å². The Kier molecular flexibility index (Phi) is 3.80. The van der Waals surface area contributed by atoms with Crippen LogP contribution in [0, 0.1) is 0 Å². The first-order valence-corrected chi connectivity index (χ1v) is 4.57. The molecular weight excluding hydrogens is 266 g/mol. The quantitative estimate of drug-likeness (QED) is 0.838. The highest BCUT2D eigenvalue weighted by atomic mass is 19.4. The van der Waals surface area contributed by atoms with Crippen molar-refractivity contribution in [3.05, 3.63) is 29.3 Å². The molecule has 1 atom stereocenters. The summed E-state index contributed by atoms with van der Waals surface area (Å²) in [6.07, 6.45) is -12.5. The molecule has 0 spiro atoms. The van der Waals surface area contributed by atoms with E-state index in [-0.39, 0.29) is 0 Å². The molecule has 2 nitrogen and oxygen atoms in total. The zero-order valence-electron chi connectivity index (χ0n) is 8.93. The van der Waals surface area contributed by atoms with E-state index < -0.39 is 35.3 Å². The number of methoxy groups -OCH3 is 1. The first kappa shape index (κ1) is 14.6. The molecule has 0 saturated heterocycles. The fourth-order valence-electron chi connectivity index (χ4n) is 1.30. The Bertz CT molecular complexity index is 423. The molecule has 1 aromatic carbocycles. The molecular formula is C10H8F6O2. The minimum absolute atomic E-state index is 0.434. The highest BCUT2D eigenvalue weighted by Crippen LogP contribution is 2.39. The van der Waals surface area contributed by atoms with Gasteiger partial charge in [-0.05, 0) is 17.7 Å². The lowest BCUT2D eigenvalue weighted by molar-refractivity contribution is -0.206. The van der Waals surface area contributed by atoms with E-state index in [2.05, 4.69) is 4.74 Å². The summed E-state index contributed by atoms with van der Waals surface area (Å²) in [6.45, 7) is 0. The summed E-state index contributed by atoms with van der Waals surface area (Å²) in [5.74, 6) is -0.775. The molecule has 1 aromatic rings. The molecule has 1 rings (SSSR count). The van der Waals surface area contributed by atoms with Crippen LogP contribution in [0.15, 0.2) is 18.2 Å². The Balaban J connectivity index is 3.22. The van der Waals surface area contributed by atoms with Crippen LogP contribution < -0.4 is 4.74 Å². The average molecular weight is 274 g/mol. The second kappa shape index (κ2) is 4.68. The van der Waals surface area contributed by atoms with Gasteiger partial charge in [-0.15, -0.1) is 0 Å². The van der Waals surface area contributed by atoms with Gasteiger partial charge in [0.1, 0.15) is 5.75 Å². The number of rotatable bonds is 2. The summed E-state index contributed by atoms with van der Waals surface area (Å²) < 4.78 is 78.3. The second-order valence-corrected chi connectivity index (χ2v) is 3.40. The number of ether oxygens (including phenoxy) is 1. The summed E-state index contributed by atoms with van der Waals surface area (Å²) in [5, 5.41) is 8.91. The number of hydrogen-bond donors (Lipinski definition) is 1. The third kappa shape index (κ3) is 3.06. The molecule has 0 aliphatic carbocycles. The normalized spacial score (nSPS) is 14.4. The highest BCUT2D eigenvalue weighted by Gasteiger charge is 2.41. The monoisotopic (exact) mass is 274 g/mol. The standard InChI is InChI=1S/C10H8F6O2/c1-18-7-4-5(8(17)10(14,15)16)2-3-6(7)9(11,12)13/h2-4,8,17H,1H3/t8-/m0/s1. The Morgan fingerprint density at radius 2 is 1.67 bits per heavy atom. The van der Waals surface area contributed by atoms with E-state index in [9.17, 15) is 26.3 Å². The number of hydrogen-bond acceptors (Lipinski definition) is 2. The van der Waals surface area contributed by atoms with Crippen LogP contribution in [0.4, 0.5) is 26.3 Å². The van der Waals surface area contributed by atoms with E-state index >= 15 is 0 Å². The summed E-state index contributed by atoms with van der Waals surface area (Å²) in [5.41, 5.74) is -1.92. The molecule has 0 unspecified atom stereocenters. The van der Waals surface area contributed by atoms with Crippen molar-refractivity contribution in [2.45, 2.75) is 18.5 Å². The zero-order chi connectivity index (χ0) is 14.1. The molecule has 0 aromatic heterocycles. The first-order valence-electron chi connectivity index (χ1n) is 4.57. The van der Waals surface area contributed by atoms with Crippen molar-refractivity contribution in [2.24, 2.45) is 0 Å². The lowest BCUT2D eigenvalue weighted by Crippen LogP contribution is -2.20. The Morgan fingerprint density at radius 1 is 1.11 bits per heavy atom. The number of aliphatic hydroxyl groups is 1. The van der Waals surface area contributed by atoms with Crippen molar-refractivity contribution in [2.75, 3.05) is 7.11 Å². The van der Waals surface area contributed by atoms with Gasteiger partial charge < -0.3 is 9.84 Å². The number of benzene rings is 1. The first-order chi connectivity index (χ1) is 8.07. The van der Waals surface area contributed by atoms with Crippen LogP contribution in [-0.2, 0) is 6.18 Å². The maximum absolute atomic E-state index is 12.4. The predicted octanol–water partition coefficient (Wildman–Crippen LogP) is 3.31. The SMILES string of the molecule is COc1cc([C@H](O)C(F)(F)F)ccc1C(F)(F)F. The minimum Gasteiger partial charge on any atom is -0.496 e. The van der Waals surface area contributed by atoms with Crippen LogP contribution >= 0.6 is 0 Å². The van der Waals surface area contributed by atoms with Gasteiger partial charge in [0.15, 0.2) is 6.10 Å². The topological polar surface area (TPSA) is 29.5 Å². The summed E-state index contributed by atoms with van der Waals surface area (Å²) in [6, 6.07) is 1.51. The maximum atomic E-state index is 12.4. The second-order valence-electron chi connectivity index (χ2n) is 3.40. The Labute approximate surface area is 97.8 Å². The largest absolute Gasteiger partial charge is 0.496 e. The molecule has 0 amide bonds. The number of aliphatic hydroxyl groups excluding tert-OH is 1. The van der Waals surface area contributed by atoms with Crippen LogP contribution in [0.3, 0.4) is 0 Å². The van der Waals surface area contributed by atoms with Crippen LogP contribution in [0.1, 0.15) is 17.2 Å². The van der Waals surface area contributed by atoms with Gasteiger partial charge in [-0.25, -0.2) is 0 Å². The van der Waals surface area contributed by atoms with Crippen molar-refractivity contribution in [1.82, 2.24) is 0 Å². The predicted molar refractivity (Wildman–Crippen MR) is 49.0 cm³/mol. The van der Waals surface area contributed by atoms with E-state index in [1.54, 1.807) is 0 Å². The summed E-state index contributed by atoms with van der Waals surface area (Å²) >= 11 is 0. The Hall–Kier alpha value is -1.44. The molecule has 0 heterocycles. The van der Waals surface area contributed by atoms with E-state index in [0.29, 0.717) is 18.2 Å². The smallest absolute Gasteiger partial charge is 0.419 e. The van der Waals surface area contributed by atoms with Crippen LogP contribution in [0.2, 0.25) is 0 Å². The average Bonchev–Trinajstić information content (AvgIpc) is 2.24. The van der Waals surface area contributed by atoms with Crippen molar-refractivity contribution in [3.8, 4) is 5.75 Å².